The van der Waals surface area contributed by atoms with Crippen LogP contribution in [0.25, 0.3) is 0 Å². The number of amides is 2. The highest BCUT2D eigenvalue weighted by Gasteiger charge is 2.47. The maximum atomic E-state index is 12.6. The zero-order valence-electron chi connectivity index (χ0n) is 19.0. The van der Waals surface area contributed by atoms with Crippen LogP contribution in [-0.2, 0) is 9.53 Å². The molecule has 1 N–H and O–H groups in total. The molecule has 4 rings (SSSR count). The molecule has 2 fully saturated rings. The van der Waals surface area contributed by atoms with E-state index in [1.807, 2.05) is 43.9 Å². The van der Waals surface area contributed by atoms with Gasteiger partial charge in [0.1, 0.15) is 17.0 Å². The van der Waals surface area contributed by atoms with Crippen LogP contribution in [0.1, 0.15) is 64.5 Å². The fourth-order valence-corrected chi connectivity index (χ4v) is 4.86. The zero-order valence-corrected chi connectivity index (χ0v) is 19.0. The minimum absolute atomic E-state index is 0.165. The molecule has 0 aromatic heterocycles. The third kappa shape index (κ3) is 5.14. The van der Waals surface area contributed by atoms with Gasteiger partial charge in [0.25, 0.3) is 0 Å². The predicted octanol–water partition coefficient (Wildman–Crippen LogP) is 3.49. The van der Waals surface area contributed by atoms with E-state index in [2.05, 4.69) is 11.4 Å². The Morgan fingerprint density at radius 1 is 1.29 bits per heavy atom. The topological polar surface area (TPSA) is 71.1 Å². The lowest BCUT2D eigenvalue weighted by Gasteiger charge is -2.40. The van der Waals surface area contributed by atoms with Crippen LogP contribution >= 0.6 is 0 Å². The van der Waals surface area contributed by atoms with Gasteiger partial charge in [0.15, 0.2) is 0 Å². The van der Waals surface area contributed by atoms with E-state index in [0.29, 0.717) is 19.5 Å². The van der Waals surface area contributed by atoms with E-state index in [9.17, 15) is 9.59 Å². The largest absolute Gasteiger partial charge is 0.485 e. The number of carbonyl (C=O) groups is 2. The van der Waals surface area contributed by atoms with Crippen molar-refractivity contribution in [3.63, 3.8) is 0 Å². The molecule has 1 aromatic carbocycles. The number of ether oxygens (including phenoxy) is 2. The number of benzene rings is 1. The lowest BCUT2D eigenvalue weighted by atomic mass is 9.86. The van der Waals surface area contributed by atoms with Gasteiger partial charge in [-0.15, -0.1) is 0 Å². The van der Waals surface area contributed by atoms with Gasteiger partial charge in [-0.2, -0.15) is 0 Å². The molecule has 170 valence electrons. The fraction of sp³-hybridized carbons (Fsp3) is 0.667. The minimum Gasteiger partial charge on any atom is -0.485 e. The number of hydrogen-bond donors (Lipinski definition) is 1. The second-order valence-corrected chi connectivity index (χ2v) is 10.0. The normalized spacial score (nSPS) is 25.6. The highest BCUT2D eigenvalue weighted by molar-refractivity contribution is 5.78. The number of nitrogens with zero attached hydrogens (tertiary/aromatic N) is 2. The van der Waals surface area contributed by atoms with Crippen LogP contribution in [-0.4, -0.2) is 65.7 Å². The quantitative estimate of drug-likeness (QED) is 0.726. The molecule has 0 aliphatic carbocycles. The highest BCUT2D eigenvalue weighted by Crippen LogP contribution is 2.43. The number of carbonyl (C=O) groups excluding carboxylic acids is 2. The van der Waals surface area contributed by atoms with E-state index in [0.717, 1.165) is 51.1 Å². The molecule has 2 atom stereocenters. The van der Waals surface area contributed by atoms with E-state index >= 15 is 0 Å². The molecule has 1 aromatic rings. The van der Waals surface area contributed by atoms with Crippen molar-refractivity contribution < 1.29 is 19.1 Å². The average Bonchev–Trinajstić information content (AvgIpc) is 3.30. The van der Waals surface area contributed by atoms with Crippen molar-refractivity contribution in [1.29, 1.82) is 0 Å². The predicted molar refractivity (Wildman–Crippen MR) is 118 cm³/mol. The number of rotatable bonds is 5. The summed E-state index contributed by atoms with van der Waals surface area (Å²) in [5.41, 5.74) is 0.266. The number of hydrogen-bond acceptors (Lipinski definition) is 5. The Bertz CT molecular complexity index is 821. The van der Waals surface area contributed by atoms with Gasteiger partial charge >= 0.3 is 6.09 Å². The Hall–Kier alpha value is -2.28. The van der Waals surface area contributed by atoms with E-state index < -0.39 is 11.2 Å². The molecule has 3 heterocycles. The summed E-state index contributed by atoms with van der Waals surface area (Å²) in [7, 11) is 0. The van der Waals surface area contributed by atoms with Crippen LogP contribution in [0.4, 0.5) is 4.79 Å². The second-order valence-electron chi connectivity index (χ2n) is 10.0. The first-order valence-electron chi connectivity index (χ1n) is 11.5. The SMILES string of the molecule is CC(C)(C)OC(=O)N1CC[C@]2(C[C@@H](NCCCN3CCCC3=O)c3ccccc3O2)C1. The summed E-state index contributed by atoms with van der Waals surface area (Å²) in [6.45, 7) is 9.39. The Balaban J connectivity index is 1.39. The Labute approximate surface area is 185 Å². The van der Waals surface area contributed by atoms with Crippen molar-refractivity contribution in [2.75, 3.05) is 32.7 Å². The van der Waals surface area contributed by atoms with Gasteiger partial charge in [0.2, 0.25) is 5.91 Å². The first kappa shape index (κ1) is 21.9. The van der Waals surface area contributed by atoms with E-state index in [1.54, 1.807) is 4.90 Å². The fourth-order valence-electron chi connectivity index (χ4n) is 4.86. The molecule has 0 unspecified atom stereocenters. The molecule has 7 heteroatoms. The maximum absolute atomic E-state index is 12.6. The van der Waals surface area contributed by atoms with Gasteiger partial charge in [-0.05, 0) is 46.2 Å². The zero-order chi connectivity index (χ0) is 22.1. The molecule has 7 nitrogen and oxygen atoms in total. The second kappa shape index (κ2) is 8.69. The number of para-hydroxylation sites is 1. The Morgan fingerprint density at radius 3 is 2.84 bits per heavy atom. The lowest BCUT2D eigenvalue weighted by Crippen LogP contribution is -2.47. The first-order chi connectivity index (χ1) is 14.7. The van der Waals surface area contributed by atoms with Crippen LogP contribution in [0.3, 0.4) is 0 Å². The summed E-state index contributed by atoms with van der Waals surface area (Å²) in [4.78, 5) is 28.1. The van der Waals surface area contributed by atoms with Gasteiger partial charge in [0.05, 0.1) is 6.54 Å². The van der Waals surface area contributed by atoms with Crippen molar-refractivity contribution in [2.24, 2.45) is 0 Å². The molecule has 3 aliphatic heterocycles. The van der Waals surface area contributed by atoms with Crippen LogP contribution in [0.5, 0.6) is 5.75 Å². The standard InChI is InChI=1S/C24H35N3O4/c1-23(2,3)31-22(29)27-15-11-24(17-27)16-19(18-8-4-5-9-20(18)30-24)25-12-7-14-26-13-6-10-21(26)28/h4-5,8-9,19,25H,6-7,10-17H2,1-3H3/t19-,24+/m1/s1. The smallest absolute Gasteiger partial charge is 0.410 e. The first-order valence-corrected chi connectivity index (χ1v) is 11.5. The third-order valence-electron chi connectivity index (χ3n) is 6.33. The molecule has 3 aliphatic rings. The molecule has 31 heavy (non-hydrogen) atoms. The monoisotopic (exact) mass is 429 g/mol. The van der Waals surface area contributed by atoms with Gasteiger partial charge in [0, 0.05) is 50.5 Å². The van der Waals surface area contributed by atoms with Crippen molar-refractivity contribution in [3.8, 4) is 5.75 Å². The summed E-state index contributed by atoms with van der Waals surface area (Å²) in [6.07, 6.45) is 3.94. The molecule has 0 radical (unpaired) electrons. The van der Waals surface area contributed by atoms with Gasteiger partial charge in [-0.25, -0.2) is 4.79 Å². The molecular weight excluding hydrogens is 394 g/mol. The lowest BCUT2D eigenvalue weighted by molar-refractivity contribution is -0.127. The number of nitrogens with one attached hydrogen (secondary N) is 1. The summed E-state index contributed by atoms with van der Waals surface area (Å²) in [5, 5.41) is 3.70. The average molecular weight is 430 g/mol. The molecule has 0 saturated carbocycles. The summed E-state index contributed by atoms with van der Waals surface area (Å²) in [6, 6.07) is 8.33. The van der Waals surface area contributed by atoms with Crippen LogP contribution in [0, 0.1) is 0 Å². The summed E-state index contributed by atoms with van der Waals surface area (Å²) in [5.74, 6) is 1.18. The van der Waals surface area contributed by atoms with Crippen LogP contribution < -0.4 is 10.1 Å². The van der Waals surface area contributed by atoms with Crippen LogP contribution in [0.2, 0.25) is 0 Å². The van der Waals surface area contributed by atoms with Gasteiger partial charge < -0.3 is 24.6 Å². The van der Waals surface area contributed by atoms with Crippen molar-refractivity contribution in [1.82, 2.24) is 15.1 Å². The van der Waals surface area contributed by atoms with Crippen molar-refractivity contribution >= 4 is 12.0 Å². The molecule has 0 bridgehead atoms. The van der Waals surface area contributed by atoms with Gasteiger partial charge in [-0.3, -0.25) is 4.79 Å². The van der Waals surface area contributed by atoms with Crippen molar-refractivity contribution in [3.05, 3.63) is 29.8 Å². The van der Waals surface area contributed by atoms with E-state index in [4.69, 9.17) is 9.47 Å². The Morgan fingerprint density at radius 2 is 2.10 bits per heavy atom. The highest BCUT2D eigenvalue weighted by atomic mass is 16.6. The maximum Gasteiger partial charge on any atom is 0.410 e. The van der Waals surface area contributed by atoms with Gasteiger partial charge in [-0.1, -0.05) is 18.2 Å². The van der Waals surface area contributed by atoms with E-state index in [1.165, 1.54) is 5.56 Å². The third-order valence-corrected chi connectivity index (χ3v) is 6.33. The molecule has 2 amide bonds. The van der Waals surface area contributed by atoms with E-state index in [-0.39, 0.29) is 18.0 Å². The number of likely N-dealkylation sites (tertiary alicyclic amines) is 2. The van der Waals surface area contributed by atoms with Crippen LogP contribution in [0.15, 0.2) is 24.3 Å². The Kier molecular flexibility index (Phi) is 6.15. The molecule has 1 spiro atoms. The summed E-state index contributed by atoms with van der Waals surface area (Å²) < 4.78 is 12.1. The minimum atomic E-state index is -0.506. The molecule has 2 saturated heterocycles. The van der Waals surface area contributed by atoms with Crippen molar-refractivity contribution in [2.45, 2.75) is 70.1 Å². The summed E-state index contributed by atoms with van der Waals surface area (Å²) >= 11 is 0. The number of fused-ring (bicyclic) bond motifs is 1. The molecular formula is C24H35N3O4.